The van der Waals surface area contributed by atoms with E-state index in [1.807, 2.05) is 30.3 Å². The minimum absolute atomic E-state index is 0.134. The number of thiazole rings is 1. The Kier molecular flexibility index (Phi) is 5.48. The predicted molar refractivity (Wildman–Crippen MR) is 97.4 cm³/mol. The zero-order valence-electron chi connectivity index (χ0n) is 14.5. The summed E-state index contributed by atoms with van der Waals surface area (Å²) in [5.74, 6) is 0.279. The Labute approximate surface area is 151 Å². The van der Waals surface area contributed by atoms with Gasteiger partial charge in [0, 0.05) is 24.0 Å². The highest BCUT2D eigenvalue weighted by molar-refractivity contribution is 7.13. The van der Waals surface area contributed by atoms with Crippen LogP contribution in [0.4, 0.5) is 0 Å². The van der Waals surface area contributed by atoms with Gasteiger partial charge in [0.1, 0.15) is 5.01 Å². The number of carbonyl (C=O) groups is 2. The van der Waals surface area contributed by atoms with Gasteiger partial charge < -0.3 is 9.64 Å². The largest absolute Gasteiger partial charge is 0.451 e. The summed E-state index contributed by atoms with van der Waals surface area (Å²) in [6.07, 6.45) is 1.13. The fourth-order valence-corrected chi connectivity index (χ4v) is 4.04. The average Bonchev–Trinajstić information content (AvgIpc) is 3.09. The molecule has 1 aromatic carbocycles. The maximum absolute atomic E-state index is 12.3. The van der Waals surface area contributed by atoms with Crippen molar-refractivity contribution in [2.24, 2.45) is 11.8 Å². The molecule has 2 atom stereocenters. The summed E-state index contributed by atoms with van der Waals surface area (Å²) in [6.45, 7) is 5.52. The van der Waals surface area contributed by atoms with Crippen LogP contribution < -0.4 is 0 Å². The summed E-state index contributed by atoms with van der Waals surface area (Å²) < 4.78 is 5.18. The van der Waals surface area contributed by atoms with E-state index >= 15 is 0 Å². The molecule has 1 saturated heterocycles. The summed E-state index contributed by atoms with van der Waals surface area (Å²) in [7, 11) is 0. The smallest absolute Gasteiger partial charge is 0.358 e. The first-order valence-electron chi connectivity index (χ1n) is 8.48. The monoisotopic (exact) mass is 358 g/mol. The van der Waals surface area contributed by atoms with Crippen LogP contribution in [-0.4, -0.2) is 41.5 Å². The molecule has 3 rings (SSSR count). The topological polar surface area (TPSA) is 59.5 Å². The molecule has 1 aromatic heterocycles. The molecule has 0 unspecified atom stereocenters. The SMILES string of the molecule is C[C@@H]1C[C@H](C)CN(C(=O)COC(=O)c2csc(-c3ccccc3)n2)C1. The summed E-state index contributed by atoms with van der Waals surface area (Å²) in [4.78, 5) is 30.5. The normalized spacial score (nSPS) is 20.3. The maximum Gasteiger partial charge on any atom is 0.358 e. The fraction of sp³-hybridized carbons (Fsp3) is 0.421. The van der Waals surface area contributed by atoms with Gasteiger partial charge in [-0.3, -0.25) is 4.79 Å². The molecule has 5 nitrogen and oxygen atoms in total. The molecule has 2 heterocycles. The number of aromatic nitrogens is 1. The fourth-order valence-electron chi connectivity index (χ4n) is 3.24. The van der Waals surface area contributed by atoms with Gasteiger partial charge in [0.2, 0.25) is 0 Å². The number of likely N-dealkylation sites (tertiary alicyclic amines) is 1. The van der Waals surface area contributed by atoms with E-state index in [1.165, 1.54) is 11.3 Å². The van der Waals surface area contributed by atoms with Crippen LogP contribution in [-0.2, 0) is 9.53 Å². The maximum atomic E-state index is 12.3. The van der Waals surface area contributed by atoms with Gasteiger partial charge in [-0.05, 0) is 18.3 Å². The van der Waals surface area contributed by atoms with Crippen LogP contribution in [0.2, 0.25) is 0 Å². The van der Waals surface area contributed by atoms with Crippen molar-refractivity contribution >= 4 is 23.2 Å². The number of piperidine rings is 1. The first kappa shape index (κ1) is 17.6. The third kappa shape index (κ3) is 4.45. The molecule has 2 aromatic rings. The third-order valence-corrected chi connectivity index (χ3v) is 5.17. The Morgan fingerprint density at radius 1 is 1.20 bits per heavy atom. The van der Waals surface area contributed by atoms with Crippen LogP contribution in [0, 0.1) is 11.8 Å². The molecule has 1 amide bonds. The Morgan fingerprint density at radius 3 is 2.56 bits per heavy atom. The van der Waals surface area contributed by atoms with E-state index in [1.54, 1.807) is 10.3 Å². The Balaban J connectivity index is 1.56. The van der Waals surface area contributed by atoms with Crippen molar-refractivity contribution in [3.63, 3.8) is 0 Å². The summed E-state index contributed by atoms with van der Waals surface area (Å²) in [5, 5.41) is 2.43. The molecule has 0 spiro atoms. The number of benzene rings is 1. The minimum atomic E-state index is -0.551. The molecular weight excluding hydrogens is 336 g/mol. The summed E-state index contributed by atoms with van der Waals surface area (Å²) >= 11 is 1.39. The number of rotatable bonds is 4. The molecule has 25 heavy (non-hydrogen) atoms. The zero-order valence-corrected chi connectivity index (χ0v) is 15.3. The molecule has 1 aliphatic rings. The van der Waals surface area contributed by atoms with E-state index in [0.29, 0.717) is 11.8 Å². The lowest BCUT2D eigenvalue weighted by Gasteiger charge is -2.34. The number of hydrogen-bond donors (Lipinski definition) is 0. The van der Waals surface area contributed by atoms with E-state index in [9.17, 15) is 9.59 Å². The molecule has 0 radical (unpaired) electrons. The number of carbonyl (C=O) groups excluding carboxylic acids is 2. The second-order valence-corrected chi connectivity index (χ2v) is 7.58. The number of hydrogen-bond acceptors (Lipinski definition) is 5. The highest BCUT2D eigenvalue weighted by Crippen LogP contribution is 2.24. The lowest BCUT2D eigenvalue weighted by Crippen LogP contribution is -2.44. The van der Waals surface area contributed by atoms with Crippen LogP contribution in [0.5, 0.6) is 0 Å². The van der Waals surface area contributed by atoms with Crippen molar-refractivity contribution in [1.82, 2.24) is 9.88 Å². The summed E-state index contributed by atoms with van der Waals surface area (Å²) in [6, 6.07) is 9.66. The second kappa shape index (κ2) is 7.78. The van der Waals surface area contributed by atoms with Crippen molar-refractivity contribution in [3.05, 3.63) is 41.4 Å². The van der Waals surface area contributed by atoms with Gasteiger partial charge in [-0.1, -0.05) is 44.2 Å². The van der Waals surface area contributed by atoms with Crippen LogP contribution in [0.25, 0.3) is 10.6 Å². The zero-order chi connectivity index (χ0) is 17.8. The van der Waals surface area contributed by atoms with Gasteiger partial charge in [0.05, 0.1) is 0 Å². The number of ether oxygens (including phenoxy) is 1. The molecule has 132 valence electrons. The van der Waals surface area contributed by atoms with Crippen LogP contribution in [0.1, 0.15) is 30.8 Å². The van der Waals surface area contributed by atoms with Gasteiger partial charge in [-0.25, -0.2) is 9.78 Å². The van der Waals surface area contributed by atoms with Crippen molar-refractivity contribution in [2.45, 2.75) is 20.3 Å². The molecule has 0 saturated carbocycles. The van der Waals surface area contributed by atoms with E-state index < -0.39 is 5.97 Å². The predicted octanol–water partition coefficient (Wildman–Crippen LogP) is 3.47. The first-order valence-corrected chi connectivity index (χ1v) is 9.36. The van der Waals surface area contributed by atoms with Gasteiger partial charge in [-0.2, -0.15) is 0 Å². The van der Waals surface area contributed by atoms with Crippen molar-refractivity contribution in [1.29, 1.82) is 0 Å². The highest BCUT2D eigenvalue weighted by atomic mass is 32.1. The lowest BCUT2D eigenvalue weighted by molar-refractivity contribution is -0.137. The van der Waals surface area contributed by atoms with Gasteiger partial charge in [-0.15, -0.1) is 11.3 Å². The average molecular weight is 358 g/mol. The van der Waals surface area contributed by atoms with E-state index in [-0.39, 0.29) is 18.2 Å². The Bertz CT molecular complexity index is 734. The third-order valence-electron chi connectivity index (χ3n) is 4.28. The molecule has 1 fully saturated rings. The van der Waals surface area contributed by atoms with Crippen LogP contribution in [0.15, 0.2) is 35.7 Å². The molecular formula is C19H22N2O3S. The Hall–Kier alpha value is -2.21. The molecule has 1 aliphatic heterocycles. The van der Waals surface area contributed by atoms with Crippen LogP contribution in [0.3, 0.4) is 0 Å². The van der Waals surface area contributed by atoms with Crippen molar-refractivity contribution in [3.8, 4) is 10.6 Å². The molecule has 6 heteroatoms. The number of nitrogens with zero attached hydrogens (tertiary/aromatic N) is 2. The quantitative estimate of drug-likeness (QED) is 0.785. The summed E-state index contributed by atoms with van der Waals surface area (Å²) in [5.41, 5.74) is 1.20. The van der Waals surface area contributed by atoms with Gasteiger partial charge in [0.25, 0.3) is 5.91 Å². The minimum Gasteiger partial charge on any atom is -0.451 e. The Morgan fingerprint density at radius 2 is 1.88 bits per heavy atom. The molecule has 0 aliphatic carbocycles. The standard InChI is InChI=1S/C19H22N2O3S/c1-13-8-14(2)10-21(9-13)17(22)11-24-19(23)16-12-25-18(20-16)15-6-4-3-5-7-15/h3-7,12-14H,8-11H2,1-2H3/t13-,14+. The lowest BCUT2D eigenvalue weighted by atomic mass is 9.92. The van der Waals surface area contributed by atoms with E-state index in [4.69, 9.17) is 4.74 Å². The second-order valence-electron chi connectivity index (χ2n) is 6.72. The number of esters is 1. The molecule has 0 bridgehead atoms. The van der Waals surface area contributed by atoms with Crippen molar-refractivity contribution < 1.29 is 14.3 Å². The number of amides is 1. The first-order chi connectivity index (χ1) is 12.0. The van der Waals surface area contributed by atoms with Gasteiger partial charge >= 0.3 is 5.97 Å². The molecule has 0 N–H and O–H groups in total. The van der Waals surface area contributed by atoms with Crippen LogP contribution >= 0.6 is 11.3 Å². The van der Waals surface area contributed by atoms with Crippen molar-refractivity contribution in [2.75, 3.05) is 19.7 Å². The highest BCUT2D eigenvalue weighted by Gasteiger charge is 2.26. The van der Waals surface area contributed by atoms with Gasteiger partial charge in [0.15, 0.2) is 12.3 Å². The van der Waals surface area contributed by atoms with E-state index in [2.05, 4.69) is 18.8 Å². The van der Waals surface area contributed by atoms with E-state index in [0.717, 1.165) is 30.1 Å².